The van der Waals surface area contributed by atoms with Gasteiger partial charge in [-0.2, -0.15) is 10.2 Å². The summed E-state index contributed by atoms with van der Waals surface area (Å²) in [6.45, 7) is 8.46. The van der Waals surface area contributed by atoms with E-state index in [-0.39, 0.29) is 40.0 Å². The standard InChI is InChI=1S/C24H28F2N4O/c1-14(31)30-11-10-29(4)13-20(30)24-9-8-16(23(24,2)3)15-12-19(27-28-22(15)24)21-17(25)6-5-7-18(21)26/h5-7,12,16,20H,8-11,13H2,1-4H3/t16-,20+,24?/m0/s1. The van der Waals surface area contributed by atoms with Crippen molar-refractivity contribution in [2.24, 2.45) is 5.41 Å². The second-order valence-corrected chi connectivity index (χ2v) is 9.90. The average Bonchev–Trinajstić information content (AvgIpc) is 3.09. The Kier molecular flexibility index (Phi) is 4.49. The number of piperazine rings is 1. The summed E-state index contributed by atoms with van der Waals surface area (Å²) in [7, 11) is 2.09. The van der Waals surface area contributed by atoms with E-state index in [1.54, 1.807) is 6.92 Å². The second-order valence-electron chi connectivity index (χ2n) is 9.90. The summed E-state index contributed by atoms with van der Waals surface area (Å²) < 4.78 is 28.8. The van der Waals surface area contributed by atoms with Crippen molar-refractivity contribution >= 4 is 5.91 Å². The first-order valence-corrected chi connectivity index (χ1v) is 11.0. The zero-order valence-corrected chi connectivity index (χ0v) is 18.5. The van der Waals surface area contributed by atoms with E-state index < -0.39 is 11.6 Å². The van der Waals surface area contributed by atoms with E-state index in [2.05, 4.69) is 36.0 Å². The van der Waals surface area contributed by atoms with Gasteiger partial charge in [0.15, 0.2) is 0 Å². The Morgan fingerprint density at radius 1 is 1.16 bits per heavy atom. The lowest BCUT2D eigenvalue weighted by Crippen LogP contribution is -2.64. The van der Waals surface area contributed by atoms with E-state index in [0.717, 1.165) is 37.2 Å². The van der Waals surface area contributed by atoms with Gasteiger partial charge in [0.1, 0.15) is 11.6 Å². The van der Waals surface area contributed by atoms with Gasteiger partial charge in [-0.25, -0.2) is 8.78 Å². The number of hydrogen-bond donors (Lipinski definition) is 0. The zero-order chi connectivity index (χ0) is 22.1. The molecule has 2 aliphatic carbocycles. The van der Waals surface area contributed by atoms with Crippen molar-refractivity contribution < 1.29 is 13.6 Å². The van der Waals surface area contributed by atoms with Gasteiger partial charge in [0.2, 0.25) is 5.91 Å². The Bertz CT molecular complexity index is 1050. The van der Waals surface area contributed by atoms with E-state index in [1.807, 2.05) is 11.0 Å². The highest BCUT2D eigenvalue weighted by atomic mass is 19.1. The van der Waals surface area contributed by atoms with Crippen LogP contribution < -0.4 is 0 Å². The van der Waals surface area contributed by atoms with E-state index in [4.69, 9.17) is 0 Å². The molecule has 0 spiro atoms. The molecule has 5 rings (SSSR count). The molecule has 1 aromatic carbocycles. The number of likely N-dealkylation sites (N-methyl/N-ethyl adjacent to an activating group) is 1. The molecule has 1 unspecified atom stereocenters. The van der Waals surface area contributed by atoms with E-state index in [1.165, 1.54) is 18.2 Å². The van der Waals surface area contributed by atoms with Crippen LogP contribution in [0.15, 0.2) is 24.3 Å². The fraction of sp³-hybridized carbons (Fsp3) is 0.542. The molecular weight excluding hydrogens is 398 g/mol. The molecule has 1 amide bonds. The van der Waals surface area contributed by atoms with Crippen LogP contribution in [0.2, 0.25) is 0 Å². The first-order chi connectivity index (χ1) is 14.7. The van der Waals surface area contributed by atoms with Gasteiger partial charge >= 0.3 is 0 Å². The number of hydrogen-bond acceptors (Lipinski definition) is 4. The lowest BCUT2D eigenvalue weighted by molar-refractivity contribution is -0.137. The predicted molar refractivity (Wildman–Crippen MR) is 113 cm³/mol. The number of aromatic nitrogens is 2. The third-order valence-corrected chi connectivity index (χ3v) is 8.25. The van der Waals surface area contributed by atoms with Crippen LogP contribution in [-0.2, 0) is 10.2 Å². The number of carbonyl (C=O) groups is 1. The van der Waals surface area contributed by atoms with Crippen LogP contribution in [0.1, 0.15) is 50.8 Å². The van der Waals surface area contributed by atoms with Crippen molar-refractivity contribution in [3.05, 3.63) is 47.2 Å². The molecule has 7 heteroatoms. The number of fused-ring (bicyclic) bond motifs is 5. The lowest BCUT2D eigenvalue weighted by atomic mass is 9.63. The third kappa shape index (κ3) is 2.65. The largest absolute Gasteiger partial charge is 0.336 e. The van der Waals surface area contributed by atoms with Gasteiger partial charge in [0.05, 0.1) is 23.0 Å². The van der Waals surface area contributed by atoms with Crippen LogP contribution in [0.4, 0.5) is 8.78 Å². The van der Waals surface area contributed by atoms with Gasteiger partial charge in [-0.1, -0.05) is 19.9 Å². The third-order valence-electron chi connectivity index (χ3n) is 8.25. The van der Waals surface area contributed by atoms with Crippen LogP contribution in [0, 0.1) is 17.0 Å². The normalized spacial score (nSPS) is 29.3. The Morgan fingerprint density at radius 3 is 2.55 bits per heavy atom. The quantitative estimate of drug-likeness (QED) is 0.734. The Hall–Kier alpha value is -2.41. The van der Waals surface area contributed by atoms with Gasteiger partial charge in [-0.3, -0.25) is 4.79 Å². The second kappa shape index (κ2) is 6.79. The summed E-state index contributed by atoms with van der Waals surface area (Å²) in [5.74, 6) is -0.975. The van der Waals surface area contributed by atoms with Crippen molar-refractivity contribution in [3.8, 4) is 11.3 Å². The first-order valence-electron chi connectivity index (χ1n) is 11.0. The molecule has 31 heavy (non-hydrogen) atoms. The number of nitrogens with zero attached hydrogens (tertiary/aromatic N) is 4. The van der Waals surface area contributed by atoms with Crippen molar-refractivity contribution in [2.45, 2.75) is 51.0 Å². The van der Waals surface area contributed by atoms with Gasteiger partial charge in [-0.15, -0.1) is 0 Å². The van der Waals surface area contributed by atoms with Crippen LogP contribution >= 0.6 is 0 Å². The van der Waals surface area contributed by atoms with Crippen LogP contribution in [0.25, 0.3) is 11.3 Å². The number of rotatable bonds is 2. The maximum Gasteiger partial charge on any atom is 0.219 e. The molecule has 2 bridgehead atoms. The summed E-state index contributed by atoms with van der Waals surface area (Å²) in [5.41, 5.74) is 1.56. The molecule has 164 valence electrons. The van der Waals surface area contributed by atoms with Crippen molar-refractivity contribution in [1.29, 1.82) is 0 Å². The zero-order valence-electron chi connectivity index (χ0n) is 18.5. The SMILES string of the molecule is CC(=O)N1CCN(C)C[C@@H]1C12CC[C@@H](c3cc(-c4c(F)cccc4F)nnc31)C2(C)C. The molecule has 1 aliphatic heterocycles. The monoisotopic (exact) mass is 426 g/mol. The van der Waals surface area contributed by atoms with E-state index >= 15 is 0 Å². The molecule has 5 nitrogen and oxygen atoms in total. The highest BCUT2D eigenvalue weighted by Gasteiger charge is 2.67. The maximum atomic E-state index is 14.4. The first kappa shape index (κ1) is 20.5. The number of halogens is 2. The Morgan fingerprint density at radius 2 is 1.87 bits per heavy atom. The molecule has 3 aliphatic rings. The molecule has 0 radical (unpaired) electrons. The summed E-state index contributed by atoms with van der Waals surface area (Å²) in [6.07, 6.45) is 1.90. The molecule has 1 saturated heterocycles. The smallest absolute Gasteiger partial charge is 0.219 e. The lowest BCUT2D eigenvalue weighted by Gasteiger charge is -2.52. The van der Waals surface area contributed by atoms with Crippen LogP contribution in [0.3, 0.4) is 0 Å². The maximum absolute atomic E-state index is 14.4. The van der Waals surface area contributed by atoms with Crippen molar-refractivity contribution in [2.75, 3.05) is 26.7 Å². The molecule has 2 heterocycles. The highest BCUT2D eigenvalue weighted by molar-refractivity contribution is 5.74. The minimum Gasteiger partial charge on any atom is -0.336 e. The molecular formula is C24H28F2N4O. The van der Waals surface area contributed by atoms with Gasteiger partial charge < -0.3 is 9.80 Å². The van der Waals surface area contributed by atoms with Crippen LogP contribution in [-0.4, -0.2) is 58.6 Å². The number of benzene rings is 1. The van der Waals surface area contributed by atoms with E-state index in [9.17, 15) is 13.6 Å². The highest BCUT2D eigenvalue weighted by Crippen LogP contribution is 2.69. The molecule has 3 atom stereocenters. The topological polar surface area (TPSA) is 49.3 Å². The van der Waals surface area contributed by atoms with Gasteiger partial charge in [-0.05, 0) is 55.0 Å². The minimum atomic E-state index is -0.636. The molecule has 1 saturated carbocycles. The fourth-order valence-corrected chi connectivity index (χ4v) is 6.69. The predicted octanol–water partition coefficient (Wildman–Crippen LogP) is 3.74. The molecule has 1 aromatic heterocycles. The summed E-state index contributed by atoms with van der Waals surface area (Å²) in [6, 6.07) is 5.67. The van der Waals surface area contributed by atoms with Gasteiger partial charge in [0.25, 0.3) is 0 Å². The van der Waals surface area contributed by atoms with Crippen molar-refractivity contribution in [3.63, 3.8) is 0 Å². The molecule has 0 N–H and O–H groups in total. The molecule has 2 fully saturated rings. The van der Waals surface area contributed by atoms with Crippen LogP contribution in [0.5, 0.6) is 0 Å². The van der Waals surface area contributed by atoms with E-state index in [0.29, 0.717) is 6.54 Å². The minimum absolute atomic E-state index is 0.00431. The van der Waals surface area contributed by atoms with Gasteiger partial charge in [0, 0.05) is 32.0 Å². The summed E-state index contributed by atoms with van der Waals surface area (Å²) in [4.78, 5) is 16.8. The summed E-state index contributed by atoms with van der Waals surface area (Å²) in [5, 5.41) is 8.93. The fourth-order valence-electron chi connectivity index (χ4n) is 6.69. The number of carbonyl (C=O) groups excluding carboxylic acids is 1. The molecule has 2 aromatic rings. The van der Waals surface area contributed by atoms with Crippen molar-refractivity contribution in [1.82, 2.24) is 20.0 Å². The Balaban J connectivity index is 1.67. The number of amides is 1. The summed E-state index contributed by atoms with van der Waals surface area (Å²) >= 11 is 0. The average molecular weight is 427 g/mol. The Labute approximate surface area is 181 Å².